The van der Waals surface area contributed by atoms with E-state index in [1.54, 1.807) is 12.1 Å². The van der Waals surface area contributed by atoms with Crippen molar-refractivity contribution in [2.45, 2.75) is 31.7 Å². The third kappa shape index (κ3) is 2.96. The molecule has 17 heavy (non-hydrogen) atoms. The van der Waals surface area contributed by atoms with Gasteiger partial charge in [-0.3, -0.25) is 4.79 Å². The zero-order valence-corrected chi connectivity index (χ0v) is 9.60. The van der Waals surface area contributed by atoms with Crippen molar-refractivity contribution in [1.29, 1.82) is 0 Å². The van der Waals surface area contributed by atoms with Gasteiger partial charge in [0, 0.05) is 18.3 Å². The molecule has 0 aliphatic carbocycles. The number of aliphatic carboxylic acids is 1. The van der Waals surface area contributed by atoms with Gasteiger partial charge < -0.3 is 10.0 Å². The highest BCUT2D eigenvalue weighted by Gasteiger charge is 2.24. The van der Waals surface area contributed by atoms with Gasteiger partial charge in [0.05, 0.1) is 6.42 Å². The van der Waals surface area contributed by atoms with Crippen molar-refractivity contribution in [3.63, 3.8) is 0 Å². The number of carboxylic acid groups (broad SMARTS) is 1. The summed E-state index contributed by atoms with van der Waals surface area (Å²) in [6.07, 6.45) is 3.17. The molecule has 1 saturated heterocycles. The smallest absolute Gasteiger partial charge is 0.305 e. The minimum atomic E-state index is -0.774. The molecule has 1 aliphatic rings. The number of benzene rings is 1. The lowest BCUT2D eigenvalue weighted by molar-refractivity contribution is -0.137. The highest BCUT2D eigenvalue weighted by atomic mass is 19.1. The monoisotopic (exact) mass is 237 g/mol. The molecule has 4 heteroatoms. The Bertz CT molecular complexity index is 391. The van der Waals surface area contributed by atoms with Crippen molar-refractivity contribution in [2.24, 2.45) is 0 Å². The molecule has 0 saturated carbocycles. The fourth-order valence-electron chi connectivity index (χ4n) is 2.39. The Hall–Kier alpha value is -1.58. The molecule has 1 unspecified atom stereocenters. The van der Waals surface area contributed by atoms with Gasteiger partial charge in [0.1, 0.15) is 5.82 Å². The molecule has 0 radical (unpaired) electrons. The van der Waals surface area contributed by atoms with E-state index < -0.39 is 5.97 Å². The summed E-state index contributed by atoms with van der Waals surface area (Å²) in [7, 11) is 0. The zero-order chi connectivity index (χ0) is 12.3. The lowest BCUT2D eigenvalue weighted by Gasteiger charge is -2.36. The minimum absolute atomic E-state index is 0.0340. The first kappa shape index (κ1) is 11.9. The van der Waals surface area contributed by atoms with Crippen molar-refractivity contribution in [2.75, 3.05) is 11.4 Å². The van der Waals surface area contributed by atoms with Crippen LogP contribution in [-0.4, -0.2) is 23.7 Å². The van der Waals surface area contributed by atoms with E-state index in [2.05, 4.69) is 4.90 Å². The number of carbonyl (C=O) groups is 1. The summed E-state index contributed by atoms with van der Waals surface area (Å²) in [4.78, 5) is 12.9. The van der Waals surface area contributed by atoms with E-state index in [-0.39, 0.29) is 18.3 Å². The highest BCUT2D eigenvalue weighted by molar-refractivity contribution is 5.68. The Balaban J connectivity index is 2.15. The van der Waals surface area contributed by atoms with Crippen molar-refractivity contribution in [1.82, 2.24) is 0 Å². The summed E-state index contributed by atoms with van der Waals surface area (Å²) in [5.41, 5.74) is 0.914. The standard InChI is InChI=1S/C13H16FNO2/c14-10-4-6-11(7-5-10)15-8-2-1-3-12(15)9-13(16)17/h4-7,12H,1-3,8-9H2,(H,16,17). The van der Waals surface area contributed by atoms with Gasteiger partial charge in [-0.2, -0.15) is 0 Å². The van der Waals surface area contributed by atoms with Crippen molar-refractivity contribution in [3.05, 3.63) is 30.1 Å². The van der Waals surface area contributed by atoms with Crippen LogP contribution in [0.15, 0.2) is 24.3 Å². The molecule has 0 amide bonds. The van der Waals surface area contributed by atoms with Crippen LogP contribution >= 0.6 is 0 Å². The average Bonchev–Trinajstić information content (AvgIpc) is 2.30. The lowest BCUT2D eigenvalue weighted by atomic mass is 9.98. The average molecular weight is 237 g/mol. The predicted octanol–water partition coefficient (Wildman–Crippen LogP) is 2.66. The van der Waals surface area contributed by atoms with Gasteiger partial charge in [-0.1, -0.05) is 0 Å². The van der Waals surface area contributed by atoms with E-state index in [9.17, 15) is 9.18 Å². The third-order valence-corrected chi connectivity index (χ3v) is 3.20. The van der Waals surface area contributed by atoms with E-state index in [4.69, 9.17) is 5.11 Å². The molecular weight excluding hydrogens is 221 g/mol. The summed E-state index contributed by atoms with van der Waals surface area (Å²) < 4.78 is 12.8. The van der Waals surface area contributed by atoms with Crippen LogP contribution in [0.5, 0.6) is 0 Å². The maximum atomic E-state index is 12.8. The zero-order valence-electron chi connectivity index (χ0n) is 9.60. The highest BCUT2D eigenvalue weighted by Crippen LogP contribution is 2.26. The topological polar surface area (TPSA) is 40.5 Å². The fourth-order valence-corrected chi connectivity index (χ4v) is 2.39. The van der Waals surface area contributed by atoms with Crippen LogP contribution in [0.25, 0.3) is 0 Å². The second-order valence-electron chi connectivity index (χ2n) is 4.42. The number of piperidine rings is 1. The fraction of sp³-hybridized carbons (Fsp3) is 0.462. The van der Waals surface area contributed by atoms with Crippen LogP contribution in [0.3, 0.4) is 0 Å². The molecule has 1 aliphatic heterocycles. The van der Waals surface area contributed by atoms with Gasteiger partial charge in [-0.05, 0) is 43.5 Å². The molecule has 1 atom stereocenters. The summed E-state index contributed by atoms with van der Waals surface area (Å²) in [5, 5.41) is 8.89. The molecule has 0 aromatic heterocycles. The minimum Gasteiger partial charge on any atom is -0.481 e. The summed E-state index contributed by atoms with van der Waals surface area (Å²) in [5.74, 6) is -1.04. The number of halogens is 1. The molecule has 3 nitrogen and oxygen atoms in total. The summed E-state index contributed by atoms with van der Waals surface area (Å²) in [6.45, 7) is 0.851. The molecule has 1 fully saturated rings. The van der Waals surface area contributed by atoms with Gasteiger partial charge in [-0.25, -0.2) is 4.39 Å². The van der Waals surface area contributed by atoms with Gasteiger partial charge in [0.15, 0.2) is 0 Å². The molecule has 2 rings (SSSR count). The molecule has 0 bridgehead atoms. The molecule has 1 aromatic rings. The van der Waals surface area contributed by atoms with Crippen molar-refractivity contribution >= 4 is 11.7 Å². The van der Waals surface area contributed by atoms with E-state index in [0.29, 0.717) is 0 Å². The molecule has 1 heterocycles. The summed E-state index contributed by atoms with van der Waals surface area (Å²) in [6, 6.07) is 6.31. The summed E-state index contributed by atoms with van der Waals surface area (Å²) >= 11 is 0. The molecule has 1 aromatic carbocycles. The van der Waals surface area contributed by atoms with E-state index in [1.165, 1.54) is 12.1 Å². The van der Waals surface area contributed by atoms with Crippen molar-refractivity contribution in [3.8, 4) is 0 Å². The molecule has 0 spiro atoms. The third-order valence-electron chi connectivity index (χ3n) is 3.20. The molecule has 1 N–H and O–H groups in total. The van der Waals surface area contributed by atoms with Crippen LogP contribution in [0.4, 0.5) is 10.1 Å². The Morgan fingerprint density at radius 3 is 2.71 bits per heavy atom. The Labute approximate surface area is 99.9 Å². The van der Waals surface area contributed by atoms with Crippen molar-refractivity contribution < 1.29 is 14.3 Å². The molecular formula is C13H16FNO2. The van der Waals surface area contributed by atoms with Crippen LogP contribution in [-0.2, 0) is 4.79 Å². The quantitative estimate of drug-likeness (QED) is 0.878. The van der Waals surface area contributed by atoms with Gasteiger partial charge in [0.2, 0.25) is 0 Å². The van der Waals surface area contributed by atoms with Gasteiger partial charge in [-0.15, -0.1) is 0 Å². The second kappa shape index (κ2) is 5.17. The van der Waals surface area contributed by atoms with Crippen LogP contribution < -0.4 is 4.90 Å². The van der Waals surface area contributed by atoms with Crippen LogP contribution in [0.2, 0.25) is 0 Å². The first-order valence-electron chi connectivity index (χ1n) is 5.91. The van der Waals surface area contributed by atoms with Gasteiger partial charge >= 0.3 is 5.97 Å². The Morgan fingerprint density at radius 2 is 2.06 bits per heavy atom. The van der Waals surface area contributed by atoms with Gasteiger partial charge in [0.25, 0.3) is 0 Å². The number of hydrogen-bond donors (Lipinski definition) is 1. The largest absolute Gasteiger partial charge is 0.481 e. The number of hydrogen-bond acceptors (Lipinski definition) is 2. The predicted molar refractivity (Wildman–Crippen MR) is 63.6 cm³/mol. The Kier molecular flexibility index (Phi) is 3.61. The first-order valence-corrected chi connectivity index (χ1v) is 5.91. The SMILES string of the molecule is O=C(O)CC1CCCCN1c1ccc(F)cc1. The first-order chi connectivity index (χ1) is 8.16. The lowest BCUT2D eigenvalue weighted by Crippen LogP contribution is -2.40. The van der Waals surface area contributed by atoms with Crippen LogP contribution in [0.1, 0.15) is 25.7 Å². The van der Waals surface area contributed by atoms with E-state index in [0.717, 1.165) is 31.5 Å². The number of carboxylic acids is 1. The Morgan fingerprint density at radius 1 is 1.35 bits per heavy atom. The second-order valence-corrected chi connectivity index (χ2v) is 4.42. The maximum Gasteiger partial charge on any atom is 0.305 e. The van der Waals surface area contributed by atoms with E-state index >= 15 is 0 Å². The number of anilines is 1. The maximum absolute atomic E-state index is 12.8. The normalized spacial score (nSPS) is 20.3. The number of rotatable bonds is 3. The van der Waals surface area contributed by atoms with E-state index in [1.807, 2.05) is 0 Å². The molecule has 92 valence electrons. The number of nitrogens with zero attached hydrogens (tertiary/aromatic N) is 1. The van der Waals surface area contributed by atoms with Crippen LogP contribution in [0, 0.1) is 5.82 Å².